The van der Waals surface area contributed by atoms with Crippen LogP contribution in [-0.4, -0.2) is 58.2 Å². The van der Waals surface area contributed by atoms with Gasteiger partial charge in [-0.2, -0.15) is 0 Å². The molecule has 1 aromatic carbocycles. The number of sulfonamides is 1. The Hall–Kier alpha value is -0.870. The van der Waals surface area contributed by atoms with Gasteiger partial charge >= 0.3 is 0 Å². The summed E-state index contributed by atoms with van der Waals surface area (Å²) in [6, 6.07) is 10.7. The smallest absolute Gasteiger partial charge is 0.213 e. The molecular weight excluding hydrogens is 475 g/mol. The van der Waals surface area contributed by atoms with E-state index in [9.17, 15) is 8.42 Å². The highest BCUT2D eigenvalue weighted by molar-refractivity contribution is 14.0. The van der Waals surface area contributed by atoms with Crippen LogP contribution in [0.1, 0.15) is 38.2 Å². The molecule has 8 heteroatoms. The lowest BCUT2D eigenvalue weighted by Gasteiger charge is -2.43. The number of nitrogens with one attached hydrogen (secondary N) is 2. The van der Waals surface area contributed by atoms with Crippen LogP contribution in [0.5, 0.6) is 0 Å². The van der Waals surface area contributed by atoms with Gasteiger partial charge in [0.2, 0.25) is 10.0 Å². The van der Waals surface area contributed by atoms with Gasteiger partial charge < -0.3 is 10.6 Å². The fourth-order valence-corrected chi connectivity index (χ4v) is 4.15. The van der Waals surface area contributed by atoms with Crippen molar-refractivity contribution in [2.45, 2.75) is 38.0 Å². The first-order valence-corrected chi connectivity index (χ1v) is 11.0. The van der Waals surface area contributed by atoms with Crippen LogP contribution < -0.4 is 10.6 Å². The first-order chi connectivity index (χ1) is 12.4. The minimum Gasteiger partial charge on any atom is -0.356 e. The molecule has 154 valence electrons. The largest absolute Gasteiger partial charge is 0.356 e. The van der Waals surface area contributed by atoms with E-state index in [1.54, 1.807) is 21.0 Å². The van der Waals surface area contributed by atoms with Gasteiger partial charge in [-0.05, 0) is 31.7 Å². The summed E-state index contributed by atoms with van der Waals surface area (Å²) in [6.45, 7) is 3.72. The number of rotatable bonds is 9. The van der Waals surface area contributed by atoms with Gasteiger partial charge in [-0.15, -0.1) is 24.0 Å². The molecule has 0 amide bonds. The van der Waals surface area contributed by atoms with Crippen LogP contribution in [0.4, 0.5) is 0 Å². The van der Waals surface area contributed by atoms with E-state index in [1.807, 2.05) is 0 Å². The van der Waals surface area contributed by atoms with Crippen molar-refractivity contribution in [1.82, 2.24) is 14.9 Å². The molecule has 0 atom stereocenters. The van der Waals surface area contributed by atoms with Crippen molar-refractivity contribution < 1.29 is 8.42 Å². The predicted molar refractivity (Wildman–Crippen MR) is 123 cm³/mol. The van der Waals surface area contributed by atoms with Gasteiger partial charge in [0.25, 0.3) is 0 Å². The maximum absolute atomic E-state index is 11.7. The first-order valence-electron chi connectivity index (χ1n) is 9.37. The zero-order valence-electron chi connectivity index (χ0n) is 16.6. The molecule has 27 heavy (non-hydrogen) atoms. The van der Waals surface area contributed by atoms with Gasteiger partial charge in [-0.25, -0.2) is 12.7 Å². The number of guanidine groups is 1. The minimum atomic E-state index is -3.10. The third kappa shape index (κ3) is 6.60. The summed E-state index contributed by atoms with van der Waals surface area (Å²) in [5.74, 6) is 0.912. The first kappa shape index (κ1) is 24.2. The minimum absolute atomic E-state index is 0. The van der Waals surface area contributed by atoms with Crippen LogP contribution in [0.15, 0.2) is 35.3 Å². The number of nitrogens with zero attached hydrogens (tertiary/aromatic N) is 2. The molecule has 0 spiro atoms. The number of hydrogen-bond acceptors (Lipinski definition) is 3. The molecule has 0 radical (unpaired) electrons. The Labute approximate surface area is 181 Å². The second-order valence-electron chi connectivity index (χ2n) is 6.93. The Morgan fingerprint density at radius 1 is 1.22 bits per heavy atom. The zero-order chi connectivity index (χ0) is 19.0. The van der Waals surface area contributed by atoms with Crippen molar-refractivity contribution in [2.24, 2.45) is 4.99 Å². The van der Waals surface area contributed by atoms with Crippen molar-refractivity contribution in [3.8, 4) is 0 Å². The molecule has 0 heterocycles. The highest BCUT2D eigenvalue weighted by atomic mass is 127. The Kier molecular flexibility index (Phi) is 10.0. The molecule has 1 fully saturated rings. The van der Waals surface area contributed by atoms with E-state index in [2.05, 4.69) is 46.0 Å². The van der Waals surface area contributed by atoms with Crippen molar-refractivity contribution >= 4 is 40.0 Å². The summed E-state index contributed by atoms with van der Waals surface area (Å²) in [5.41, 5.74) is 1.59. The maximum atomic E-state index is 11.7. The average molecular weight is 508 g/mol. The van der Waals surface area contributed by atoms with E-state index in [4.69, 9.17) is 0 Å². The van der Waals surface area contributed by atoms with E-state index < -0.39 is 10.0 Å². The lowest BCUT2D eigenvalue weighted by atomic mass is 9.64. The molecule has 0 aliphatic heterocycles. The fourth-order valence-electron chi connectivity index (χ4n) is 3.30. The predicted octanol–water partition coefficient (Wildman–Crippen LogP) is 2.56. The maximum Gasteiger partial charge on any atom is 0.213 e. The number of aliphatic imine (C=N–C) groups is 1. The molecule has 1 aliphatic carbocycles. The summed E-state index contributed by atoms with van der Waals surface area (Å²) >= 11 is 0. The zero-order valence-corrected chi connectivity index (χ0v) is 19.7. The van der Waals surface area contributed by atoms with Crippen molar-refractivity contribution in [1.29, 1.82) is 0 Å². The summed E-state index contributed by atoms with van der Waals surface area (Å²) in [5, 5.41) is 6.73. The normalized spacial score (nSPS) is 16.4. The summed E-state index contributed by atoms with van der Waals surface area (Å²) in [7, 11) is 0.293. The third-order valence-electron chi connectivity index (χ3n) is 5.30. The second kappa shape index (κ2) is 11.2. The van der Waals surface area contributed by atoms with Gasteiger partial charge in [-0.1, -0.05) is 36.8 Å². The highest BCUT2D eigenvalue weighted by Crippen LogP contribution is 2.43. The molecule has 1 aromatic rings. The molecule has 0 aromatic heterocycles. The van der Waals surface area contributed by atoms with Crippen LogP contribution in [-0.2, 0) is 15.4 Å². The van der Waals surface area contributed by atoms with Gasteiger partial charge in [0, 0.05) is 39.1 Å². The number of benzene rings is 1. The van der Waals surface area contributed by atoms with E-state index in [0.29, 0.717) is 13.1 Å². The number of halogens is 1. The molecule has 1 saturated carbocycles. The second-order valence-corrected chi connectivity index (χ2v) is 9.29. The van der Waals surface area contributed by atoms with Crippen LogP contribution >= 0.6 is 24.0 Å². The van der Waals surface area contributed by atoms with Crippen LogP contribution in [0.25, 0.3) is 0 Å². The van der Waals surface area contributed by atoms with Crippen LogP contribution in [0.3, 0.4) is 0 Å². The van der Waals surface area contributed by atoms with E-state index in [0.717, 1.165) is 18.9 Å². The Balaban J connectivity index is 0.00000364. The third-order valence-corrected chi connectivity index (χ3v) is 7.16. The highest BCUT2D eigenvalue weighted by Gasteiger charge is 2.38. The average Bonchev–Trinajstić information content (AvgIpc) is 2.63. The molecule has 2 rings (SSSR count). The molecule has 0 unspecified atom stereocenters. The fraction of sp³-hybridized carbons (Fsp3) is 0.632. The molecule has 0 bridgehead atoms. The Morgan fingerprint density at radius 2 is 1.89 bits per heavy atom. The molecule has 1 aliphatic rings. The van der Waals surface area contributed by atoms with Crippen molar-refractivity contribution in [3.05, 3.63) is 35.9 Å². The lowest BCUT2D eigenvalue weighted by Crippen LogP contribution is -2.49. The lowest BCUT2D eigenvalue weighted by molar-refractivity contribution is 0.244. The summed E-state index contributed by atoms with van der Waals surface area (Å²) < 4.78 is 24.9. The van der Waals surface area contributed by atoms with Gasteiger partial charge in [0.05, 0.1) is 5.75 Å². The SMILES string of the molecule is CCS(=O)(=O)N(C)CCCNC(=NC)NCC1(c2ccccc2)CCC1.I. The summed E-state index contributed by atoms with van der Waals surface area (Å²) in [4.78, 5) is 4.29. The van der Waals surface area contributed by atoms with Gasteiger partial charge in [-0.3, -0.25) is 4.99 Å². The van der Waals surface area contributed by atoms with E-state index in [1.165, 1.54) is 29.1 Å². The Morgan fingerprint density at radius 3 is 2.41 bits per heavy atom. The molecular formula is C19H33IN4O2S. The van der Waals surface area contributed by atoms with E-state index in [-0.39, 0.29) is 35.1 Å². The van der Waals surface area contributed by atoms with Crippen molar-refractivity contribution in [2.75, 3.05) is 39.5 Å². The van der Waals surface area contributed by atoms with Gasteiger partial charge in [0.15, 0.2) is 5.96 Å². The Bertz CT molecular complexity index is 691. The summed E-state index contributed by atoms with van der Waals surface area (Å²) in [6.07, 6.45) is 4.39. The van der Waals surface area contributed by atoms with Crippen LogP contribution in [0, 0.1) is 0 Å². The van der Waals surface area contributed by atoms with Crippen LogP contribution in [0.2, 0.25) is 0 Å². The standard InChI is InChI=1S/C19H32N4O2S.HI/c1-4-26(24,25)23(3)15-9-14-21-18(20-2)22-16-19(12-8-13-19)17-10-6-5-7-11-17;/h5-7,10-11H,4,8-9,12-16H2,1-3H3,(H2,20,21,22);1H. The molecule has 6 nitrogen and oxygen atoms in total. The monoisotopic (exact) mass is 508 g/mol. The van der Waals surface area contributed by atoms with Gasteiger partial charge in [0.1, 0.15) is 0 Å². The van der Waals surface area contributed by atoms with E-state index >= 15 is 0 Å². The molecule has 2 N–H and O–H groups in total. The van der Waals surface area contributed by atoms with Crippen molar-refractivity contribution in [3.63, 3.8) is 0 Å². The molecule has 0 saturated heterocycles. The number of hydrogen-bond donors (Lipinski definition) is 2. The topological polar surface area (TPSA) is 73.8 Å². The quantitative estimate of drug-likeness (QED) is 0.233.